The number of phenols is 1. The Morgan fingerprint density at radius 2 is 1.00 bits per heavy atom. The zero-order chi connectivity index (χ0) is 47.5. The Morgan fingerprint density at radius 1 is 0.397 bits per heavy atom. The molecule has 5 heteroatoms. The number of benzene rings is 6. The maximum absolute atomic E-state index is 11.1. The molecule has 68 heavy (non-hydrogen) atoms. The van der Waals surface area contributed by atoms with Gasteiger partial charge in [0.1, 0.15) is 5.75 Å². The number of hydrogen-bond donors (Lipinski definition) is 1. The van der Waals surface area contributed by atoms with E-state index in [4.69, 9.17) is 15.0 Å². The first-order valence-corrected chi connectivity index (χ1v) is 23.6. The van der Waals surface area contributed by atoms with Gasteiger partial charge in [0.25, 0.3) is 0 Å². The molecule has 0 saturated heterocycles. The minimum atomic E-state index is -0.0480. The third-order valence-corrected chi connectivity index (χ3v) is 13.3. The van der Waals surface area contributed by atoms with Crippen molar-refractivity contribution in [2.24, 2.45) is 0 Å². The molecule has 10 rings (SSSR count). The molecule has 0 aliphatic rings. The summed E-state index contributed by atoms with van der Waals surface area (Å²) in [5.74, 6) is 0.196. The van der Waals surface area contributed by atoms with Crippen molar-refractivity contribution in [2.45, 2.75) is 78.6 Å². The number of nitrogens with zero attached hydrogens (tertiary/aromatic N) is 4. The highest BCUT2D eigenvalue weighted by molar-refractivity contribution is 6.14. The summed E-state index contributed by atoms with van der Waals surface area (Å²) in [6.07, 6.45) is 3.92. The molecule has 0 aliphatic carbocycles. The van der Waals surface area contributed by atoms with Crippen LogP contribution in [-0.2, 0) is 16.2 Å². The fraction of sp³-hybridized carbons (Fsp3) is 0.190. The molecule has 0 aliphatic heterocycles. The topological polar surface area (TPSA) is 63.8 Å². The lowest BCUT2D eigenvalue weighted by molar-refractivity contribution is 0.477. The molecule has 1 N–H and O–H groups in total. The number of fused-ring (bicyclic) bond motifs is 3. The van der Waals surface area contributed by atoms with E-state index in [9.17, 15) is 5.11 Å². The fourth-order valence-electron chi connectivity index (χ4n) is 9.24. The maximum Gasteiger partial charge on any atom is 0.124 e. The van der Waals surface area contributed by atoms with E-state index in [1.54, 1.807) is 6.07 Å². The smallest absolute Gasteiger partial charge is 0.124 e. The lowest BCUT2D eigenvalue weighted by Crippen LogP contribution is -2.16. The second-order valence-electron chi connectivity index (χ2n) is 21.2. The van der Waals surface area contributed by atoms with E-state index < -0.39 is 0 Å². The van der Waals surface area contributed by atoms with Crippen molar-refractivity contribution in [3.63, 3.8) is 0 Å². The van der Waals surface area contributed by atoms with E-state index >= 15 is 0 Å². The quantitative estimate of drug-likeness (QED) is 0.173. The molecule has 0 saturated carbocycles. The van der Waals surface area contributed by atoms with E-state index in [2.05, 4.69) is 212 Å². The number of hydrogen-bond acceptors (Lipinski definition) is 4. The third kappa shape index (κ3) is 8.50. The minimum absolute atomic E-state index is 0.0457. The minimum Gasteiger partial charge on any atom is -0.507 e. The van der Waals surface area contributed by atoms with Crippen molar-refractivity contribution >= 4 is 21.8 Å². The summed E-state index contributed by atoms with van der Waals surface area (Å²) in [6.45, 7) is 20.2. The molecule has 4 aromatic heterocycles. The summed E-state index contributed by atoms with van der Waals surface area (Å²) in [4.78, 5) is 15.1. The Morgan fingerprint density at radius 3 is 1.69 bits per heavy atom. The number of pyridine rings is 3. The number of aromatic hydroxyl groups is 1. The van der Waals surface area contributed by atoms with Gasteiger partial charge in [0.05, 0.1) is 33.8 Å². The zero-order valence-electron chi connectivity index (χ0n) is 40.6. The number of rotatable bonds is 7. The van der Waals surface area contributed by atoms with Crippen LogP contribution in [0, 0.1) is 0 Å². The monoisotopic (exact) mass is 886 g/mol. The first kappa shape index (κ1) is 44.2. The van der Waals surface area contributed by atoms with Gasteiger partial charge in [-0.05, 0) is 116 Å². The van der Waals surface area contributed by atoms with Crippen LogP contribution in [0.15, 0.2) is 182 Å². The molecule has 4 heterocycles. The standard InChI is InChI=1S/C63H58N4O/c1-61(2,3)46-26-29-54(65-39-46)40-24-27-49(28-25-40)67-58-22-12-10-18-51(58)52-21-15-20-50(60(52)67)41-30-31-64-55(35-41)42-16-14-17-43(32-42)56-36-45(37-57(66-56)53-19-11-13-23-59(53)68)44-33-47(62(4,5)6)38-48(34-44)63(7,8)9/h10-39,68H,1-9H3. The molecular formula is C63H58N4O. The number of aromatic nitrogens is 4. The molecule has 0 bridgehead atoms. The maximum atomic E-state index is 11.1. The molecule has 0 amide bonds. The molecule has 0 fully saturated rings. The van der Waals surface area contributed by atoms with Crippen molar-refractivity contribution < 1.29 is 5.11 Å². The lowest BCUT2D eigenvalue weighted by atomic mass is 9.79. The highest BCUT2D eigenvalue weighted by atomic mass is 16.3. The summed E-state index contributed by atoms with van der Waals surface area (Å²) >= 11 is 0. The van der Waals surface area contributed by atoms with Crippen LogP contribution in [-0.4, -0.2) is 24.6 Å². The van der Waals surface area contributed by atoms with Gasteiger partial charge in [-0.15, -0.1) is 0 Å². The van der Waals surface area contributed by atoms with Gasteiger partial charge in [-0.2, -0.15) is 0 Å². The van der Waals surface area contributed by atoms with Crippen LogP contribution in [0.2, 0.25) is 0 Å². The van der Waals surface area contributed by atoms with Crippen molar-refractivity contribution in [1.82, 2.24) is 19.5 Å². The van der Waals surface area contributed by atoms with E-state index in [0.717, 1.165) is 72.7 Å². The van der Waals surface area contributed by atoms with Crippen LogP contribution in [0.25, 0.3) is 94.8 Å². The second-order valence-corrected chi connectivity index (χ2v) is 21.2. The summed E-state index contributed by atoms with van der Waals surface area (Å²) in [6, 6.07) is 59.9. The molecule has 5 nitrogen and oxygen atoms in total. The number of phenolic OH excluding ortho intramolecular Hbond substituents is 1. The first-order valence-electron chi connectivity index (χ1n) is 23.6. The van der Waals surface area contributed by atoms with Crippen LogP contribution in [0.4, 0.5) is 0 Å². The zero-order valence-corrected chi connectivity index (χ0v) is 40.6. The van der Waals surface area contributed by atoms with Gasteiger partial charge in [-0.1, -0.05) is 165 Å². The number of para-hydroxylation sites is 3. The molecule has 10 aromatic rings. The van der Waals surface area contributed by atoms with Crippen LogP contribution in [0.5, 0.6) is 5.75 Å². The van der Waals surface area contributed by atoms with E-state index in [-0.39, 0.29) is 22.0 Å². The average molecular weight is 887 g/mol. The second kappa shape index (κ2) is 16.9. The Hall–Kier alpha value is -7.63. The summed E-state index contributed by atoms with van der Waals surface area (Å²) < 4.78 is 2.39. The Balaban J connectivity index is 1.07. The van der Waals surface area contributed by atoms with Crippen LogP contribution >= 0.6 is 0 Å². The largest absolute Gasteiger partial charge is 0.507 e. The normalized spacial score (nSPS) is 12.2. The summed E-state index contributed by atoms with van der Waals surface area (Å²) in [5, 5.41) is 13.5. The van der Waals surface area contributed by atoms with E-state index in [0.29, 0.717) is 11.3 Å². The highest BCUT2D eigenvalue weighted by Gasteiger charge is 2.23. The van der Waals surface area contributed by atoms with Gasteiger partial charge < -0.3 is 9.67 Å². The van der Waals surface area contributed by atoms with Crippen molar-refractivity contribution in [1.29, 1.82) is 0 Å². The Labute approximate surface area is 400 Å². The van der Waals surface area contributed by atoms with Gasteiger partial charge >= 0.3 is 0 Å². The van der Waals surface area contributed by atoms with Crippen LogP contribution in [0.1, 0.15) is 79.0 Å². The summed E-state index contributed by atoms with van der Waals surface area (Å²) in [7, 11) is 0. The summed E-state index contributed by atoms with van der Waals surface area (Å²) in [5.41, 5.74) is 18.5. The van der Waals surface area contributed by atoms with Crippen LogP contribution in [0.3, 0.4) is 0 Å². The molecule has 6 aromatic carbocycles. The molecule has 0 radical (unpaired) electrons. The molecule has 336 valence electrons. The van der Waals surface area contributed by atoms with Gasteiger partial charge in [0.15, 0.2) is 0 Å². The fourth-order valence-corrected chi connectivity index (χ4v) is 9.24. The van der Waals surface area contributed by atoms with E-state index in [1.807, 2.05) is 30.6 Å². The van der Waals surface area contributed by atoms with Crippen molar-refractivity contribution in [3.05, 3.63) is 199 Å². The SMILES string of the molecule is CC(C)(C)c1ccc(-c2ccc(-n3c4ccccc4c4cccc(-c5ccnc(-c6cccc(-c7cc(-c8cc(C(C)(C)C)cc(C(C)(C)C)c8)cc(-c8ccccc8O)n7)c6)c5)c43)cc2)nc1. The Kier molecular flexibility index (Phi) is 11.0. The lowest BCUT2D eigenvalue weighted by Gasteiger charge is -2.26. The first-order chi connectivity index (χ1) is 32.5. The average Bonchev–Trinajstić information content (AvgIpc) is 3.68. The molecule has 0 atom stereocenters. The molecular weight excluding hydrogens is 829 g/mol. The molecule has 0 spiro atoms. The predicted molar refractivity (Wildman–Crippen MR) is 285 cm³/mol. The van der Waals surface area contributed by atoms with Gasteiger partial charge in [0, 0.05) is 56.7 Å². The Bertz CT molecular complexity index is 3470. The van der Waals surface area contributed by atoms with Gasteiger partial charge in [-0.25, -0.2) is 4.98 Å². The highest BCUT2D eigenvalue weighted by Crippen LogP contribution is 2.41. The van der Waals surface area contributed by atoms with Gasteiger partial charge in [-0.3, -0.25) is 9.97 Å². The van der Waals surface area contributed by atoms with Crippen molar-refractivity contribution in [3.8, 4) is 78.7 Å². The van der Waals surface area contributed by atoms with Crippen molar-refractivity contribution in [2.75, 3.05) is 0 Å². The van der Waals surface area contributed by atoms with Crippen LogP contribution < -0.4 is 0 Å². The third-order valence-electron chi connectivity index (χ3n) is 13.3. The molecule has 0 unspecified atom stereocenters. The van der Waals surface area contributed by atoms with E-state index in [1.165, 1.54) is 27.5 Å². The predicted octanol–water partition coefficient (Wildman–Crippen LogP) is 16.6. The van der Waals surface area contributed by atoms with Gasteiger partial charge in [0.2, 0.25) is 0 Å².